The second kappa shape index (κ2) is 12.2. The summed E-state index contributed by atoms with van der Waals surface area (Å²) in [4.78, 5) is 47.6. The van der Waals surface area contributed by atoms with Crippen molar-refractivity contribution in [2.75, 3.05) is 28.4 Å². The fourth-order valence-corrected chi connectivity index (χ4v) is 5.87. The molecule has 0 saturated heterocycles. The smallest absolute Gasteiger partial charge is 0.247 e. The minimum Gasteiger partial charge on any atom is -0.497 e. The van der Waals surface area contributed by atoms with Crippen LogP contribution < -0.4 is 19.4 Å². The van der Waals surface area contributed by atoms with Gasteiger partial charge in [0, 0.05) is 29.5 Å². The Morgan fingerprint density at radius 3 is 2.29 bits per heavy atom. The normalized spacial score (nSPS) is 14.9. The van der Waals surface area contributed by atoms with Gasteiger partial charge in [0.1, 0.15) is 24.0 Å². The van der Waals surface area contributed by atoms with Gasteiger partial charge in [-0.2, -0.15) is 5.10 Å². The van der Waals surface area contributed by atoms with Crippen LogP contribution >= 0.6 is 0 Å². The standard InChI is InChI=1S/C35H32FN5O4/c1-22(2)40(24-16-18-25(45-3)19-17-24)32(42)21-39-30-14-7-8-15-31(30)41(23-10-5-4-6-11-23)35(44)26(34(39)43)20-29-33-27(36)12-9-13-28(33)37-38-29/h4-19,22,26H,20-21H2,1-3H3,(H,37,38). The molecular weight excluding hydrogens is 573 g/mol. The number of hydrogen-bond donors (Lipinski definition) is 1. The van der Waals surface area contributed by atoms with Gasteiger partial charge in [0.25, 0.3) is 0 Å². The molecule has 6 rings (SSSR count). The number of nitrogens with zero attached hydrogens (tertiary/aromatic N) is 4. The Hall–Kier alpha value is -5.51. The quantitative estimate of drug-likeness (QED) is 0.218. The Balaban J connectivity index is 1.45. The number of amides is 3. The molecule has 4 aromatic carbocycles. The van der Waals surface area contributed by atoms with E-state index in [0.717, 1.165) is 0 Å². The number of fused-ring (bicyclic) bond motifs is 2. The second-order valence-electron chi connectivity index (χ2n) is 11.1. The first kappa shape index (κ1) is 29.6. The monoisotopic (exact) mass is 605 g/mol. The van der Waals surface area contributed by atoms with Crippen molar-refractivity contribution in [2.45, 2.75) is 26.3 Å². The minimum atomic E-state index is -1.29. The van der Waals surface area contributed by atoms with Crippen molar-refractivity contribution in [2.24, 2.45) is 5.92 Å². The highest BCUT2D eigenvalue weighted by Crippen LogP contribution is 2.40. The Bertz CT molecular complexity index is 1870. The van der Waals surface area contributed by atoms with Gasteiger partial charge in [-0.15, -0.1) is 0 Å². The molecule has 1 N–H and O–H groups in total. The molecule has 45 heavy (non-hydrogen) atoms. The molecular formula is C35H32FN5O4. The van der Waals surface area contributed by atoms with Crippen LogP contribution in [-0.2, 0) is 20.8 Å². The van der Waals surface area contributed by atoms with Crippen LogP contribution in [-0.4, -0.2) is 47.6 Å². The first-order valence-corrected chi connectivity index (χ1v) is 14.7. The van der Waals surface area contributed by atoms with Crippen LogP contribution in [0.3, 0.4) is 0 Å². The van der Waals surface area contributed by atoms with Crippen LogP contribution in [0.25, 0.3) is 10.9 Å². The van der Waals surface area contributed by atoms with Gasteiger partial charge >= 0.3 is 0 Å². The highest BCUT2D eigenvalue weighted by Gasteiger charge is 2.42. The summed E-state index contributed by atoms with van der Waals surface area (Å²) < 4.78 is 20.3. The predicted octanol–water partition coefficient (Wildman–Crippen LogP) is 6.02. The van der Waals surface area contributed by atoms with Crippen molar-refractivity contribution in [1.29, 1.82) is 0 Å². The van der Waals surface area contributed by atoms with E-state index >= 15 is 0 Å². The second-order valence-corrected chi connectivity index (χ2v) is 11.1. The molecule has 3 amide bonds. The molecule has 0 radical (unpaired) electrons. The zero-order chi connectivity index (χ0) is 31.7. The number of carbonyl (C=O) groups excluding carboxylic acids is 3. The number of para-hydroxylation sites is 3. The number of halogens is 1. The number of benzene rings is 4. The summed E-state index contributed by atoms with van der Waals surface area (Å²) in [6.45, 7) is 3.45. The molecule has 0 bridgehead atoms. The maximum Gasteiger partial charge on any atom is 0.247 e. The molecule has 0 fully saturated rings. The van der Waals surface area contributed by atoms with Crippen LogP contribution in [0.15, 0.2) is 97.1 Å². The van der Waals surface area contributed by atoms with E-state index in [-0.39, 0.29) is 30.3 Å². The number of H-pyrrole nitrogens is 1. The molecule has 228 valence electrons. The Kier molecular flexibility index (Phi) is 8.04. The summed E-state index contributed by atoms with van der Waals surface area (Å²) in [6, 6.07) is 27.4. The van der Waals surface area contributed by atoms with Gasteiger partial charge in [-0.1, -0.05) is 36.4 Å². The van der Waals surface area contributed by atoms with E-state index in [9.17, 15) is 18.8 Å². The van der Waals surface area contributed by atoms with E-state index < -0.39 is 23.5 Å². The number of anilines is 4. The zero-order valence-electron chi connectivity index (χ0n) is 25.1. The first-order chi connectivity index (χ1) is 21.8. The lowest BCUT2D eigenvalue weighted by Gasteiger charge is -2.31. The Morgan fingerprint density at radius 2 is 1.60 bits per heavy atom. The number of aromatic amines is 1. The number of methoxy groups -OCH3 is 1. The topological polar surface area (TPSA) is 98.8 Å². The molecule has 10 heteroatoms. The Labute approximate surface area is 259 Å². The van der Waals surface area contributed by atoms with E-state index in [1.807, 2.05) is 19.9 Å². The lowest BCUT2D eigenvalue weighted by molar-refractivity contribution is -0.132. The van der Waals surface area contributed by atoms with Gasteiger partial charge in [0.2, 0.25) is 17.7 Å². The summed E-state index contributed by atoms with van der Waals surface area (Å²) in [6.07, 6.45) is -0.149. The molecule has 1 atom stereocenters. The third-order valence-corrected chi connectivity index (χ3v) is 7.95. The molecule has 1 aromatic heterocycles. The highest BCUT2D eigenvalue weighted by atomic mass is 19.1. The van der Waals surface area contributed by atoms with E-state index in [0.29, 0.717) is 39.7 Å². The van der Waals surface area contributed by atoms with Crippen LogP contribution in [0.5, 0.6) is 5.75 Å². The molecule has 0 saturated carbocycles. The van der Waals surface area contributed by atoms with Crippen LogP contribution in [0.1, 0.15) is 19.5 Å². The van der Waals surface area contributed by atoms with Gasteiger partial charge in [-0.3, -0.25) is 24.4 Å². The number of aromatic nitrogens is 2. The lowest BCUT2D eigenvalue weighted by atomic mass is 9.97. The van der Waals surface area contributed by atoms with Crippen LogP contribution in [0.4, 0.5) is 27.1 Å². The summed E-state index contributed by atoms with van der Waals surface area (Å²) >= 11 is 0. The lowest BCUT2D eigenvalue weighted by Crippen LogP contribution is -2.48. The third kappa shape index (κ3) is 5.50. The minimum absolute atomic E-state index is 0.149. The fourth-order valence-electron chi connectivity index (χ4n) is 5.87. The van der Waals surface area contributed by atoms with Gasteiger partial charge in [0.05, 0.1) is 29.4 Å². The third-order valence-electron chi connectivity index (χ3n) is 7.95. The fraction of sp³-hybridized carbons (Fsp3) is 0.200. The molecule has 0 spiro atoms. The number of hydrogen-bond acceptors (Lipinski definition) is 5. The van der Waals surface area contributed by atoms with Crippen molar-refractivity contribution in [3.8, 4) is 5.75 Å². The van der Waals surface area contributed by atoms with E-state index in [4.69, 9.17) is 4.74 Å². The van der Waals surface area contributed by atoms with Crippen molar-refractivity contribution in [3.63, 3.8) is 0 Å². The van der Waals surface area contributed by atoms with Crippen molar-refractivity contribution >= 4 is 51.4 Å². The SMILES string of the molecule is COc1ccc(N(C(=O)CN2C(=O)C(Cc3[nH]nc4cccc(F)c34)C(=O)N(c3ccccc3)c3ccccc32)C(C)C)cc1. The van der Waals surface area contributed by atoms with Crippen molar-refractivity contribution in [1.82, 2.24) is 10.2 Å². The molecule has 0 aliphatic carbocycles. The predicted molar refractivity (Wildman–Crippen MR) is 171 cm³/mol. The first-order valence-electron chi connectivity index (χ1n) is 14.7. The number of nitrogens with one attached hydrogen (secondary N) is 1. The summed E-state index contributed by atoms with van der Waals surface area (Å²) in [5.41, 5.74) is 2.78. The summed E-state index contributed by atoms with van der Waals surface area (Å²) in [5, 5.41) is 7.27. The zero-order valence-corrected chi connectivity index (χ0v) is 25.1. The average molecular weight is 606 g/mol. The van der Waals surface area contributed by atoms with Crippen molar-refractivity contribution < 1.29 is 23.5 Å². The molecule has 5 aromatic rings. The van der Waals surface area contributed by atoms with E-state index in [2.05, 4.69) is 10.2 Å². The molecule has 9 nitrogen and oxygen atoms in total. The maximum atomic E-state index is 15.0. The van der Waals surface area contributed by atoms with Crippen LogP contribution in [0.2, 0.25) is 0 Å². The molecule has 1 aliphatic rings. The molecule has 1 aliphatic heterocycles. The number of ether oxygens (including phenoxy) is 1. The van der Waals surface area contributed by atoms with Crippen molar-refractivity contribution in [3.05, 3.63) is 109 Å². The van der Waals surface area contributed by atoms with Gasteiger partial charge in [0.15, 0.2) is 0 Å². The van der Waals surface area contributed by atoms with Gasteiger partial charge < -0.3 is 14.5 Å². The molecule has 1 unspecified atom stereocenters. The largest absolute Gasteiger partial charge is 0.497 e. The van der Waals surface area contributed by atoms with E-state index in [1.54, 1.807) is 96.9 Å². The number of carbonyl (C=O) groups is 3. The van der Waals surface area contributed by atoms with Gasteiger partial charge in [-0.05, 0) is 74.5 Å². The van der Waals surface area contributed by atoms with Crippen LogP contribution in [0, 0.1) is 11.7 Å². The van der Waals surface area contributed by atoms with E-state index in [1.165, 1.54) is 15.9 Å². The Morgan fingerprint density at radius 1 is 0.911 bits per heavy atom. The molecule has 2 heterocycles. The highest BCUT2D eigenvalue weighted by molar-refractivity contribution is 6.21. The number of rotatable bonds is 8. The summed E-state index contributed by atoms with van der Waals surface area (Å²) in [5.74, 6) is -2.55. The van der Waals surface area contributed by atoms with Gasteiger partial charge in [-0.25, -0.2) is 4.39 Å². The maximum absolute atomic E-state index is 15.0. The summed E-state index contributed by atoms with van der Waals surface area (Å²) in [7, 11) is 1.57. The average Bonchev–Trinajstić information content (AvgIpc) is 3.44.